The number of carbonyl (C=O) groups excluding carboxylic acids is 2. The Bertz CT molecular complexity index is 511. The van der Waals surface area contributed by atoms with Crippen LogP contribution in [0.3, 0.4) is 0 Å². The SMILES string of the molecule is CCOC(=O)/C=C(\C)CC/C=C(\C)CC/C=C(\C)C(=O)N(CC)CC. The van der Waals surface area contributed by atoms with Gasteiger partial charge in [0.15, 0.2) is 0 Å². The van der Waals surface area contributed by atoms with Crippen molar-refractivity contribution in [3.05, 3.63) is 34.9 Å². The summed E-state index contributed by atoms with van der Waals surface area (Å²) < 4.78 is 4.90. The van der Waals surface area contributed by atoms with Crippen LogP contribution >= 0.6 is 0 Å². The van der Waals surface area contributed by atoms with Crippen molar-refractivity contribution < 1.29 is 14.3 Å². The quantitative estimate of drug-likeness (QED) is 0.305. The van der Waals surface area contributed by atoms with Gasteiger partial charge in [-0.15, -0.1) is 0 Å². The third-order valence-electron chi connectivity index (χ3n) is 4.06. The number of carbonyl (C=O) groups is 2. The first-order valence-corrected chi connectivity index (χ1v) is 9.31. The minimum Gasteiger partial charge on any atom is -0.463 e. The molecule has 0 unspecified atom stereocenters. The van der Waals surface area contributed by atoms with Gasteiger partial charge in [0.05, 0.1) is 6.61 Å². The second kappa shape index (κ2) is 13.5. The van der Waals surface area contributed by atoms with E-state index in [1.807, 2.05) is 38.7 Å². The molecule has 4 nitrogen and oxygen atoms in total. The van der Waals surface area contributed by atoms with Crippen LogP contribution in [0.25, 0.3) is 0 Å². The molecule has 0 aromatic heterocycles. The Labute approximate surface area is 153 Å². The van der Waals surface area contributed by atoms with Crippen molar-refractivity contribution in [3.8, 4) is 0 Å². The molecule has 0 aliphatic carbocycles. The van der Waals surface area contributed by atoms with Gasteiger partial charge in [0.25, 0.3) is 0 Å². The largest absolute Gasteiger partial charge is 0.463 e. The van der Waals surface area contributed by atoms with E-state index in [1.165, 1.54) is 5.57 Å². The van der Waals surface area contributed by atoms with Crippen LogP contribution in [0.4, 0.5) is 0 Å². The highest BCUT2D eigenvalue weighted by Crippen LogP contribution is 2.12. The summed E-state index contributed by atoms with van der Waals surface area (Å²) in [5.41, 5.74) is 3.16. The van der Waals surface area contributed by atoms with Crippen LogP contribution in [0.2, 0.25) is 0 Å². The van der Waals surface area contributed by atoms with Gasteiger partial charge in [0.1, 0.15) is 0 Å². The van der Waals surface area contributed by atoms with Gasteiger partial charge in [-0.2, -0.15) is 0 Å². The predicted octanol–water partition coefficient (Wildman–Crippen LogP) is 4.82. The Kier molecular flexibility index (Phi) is 12.5. The molecule has 0 bridgehead atoms. The zero-order valence-electron chi connectivity index (χ0n) is 16.9. The Morgan fingerprint density at radius 3 is 2.00 bits per heavy atom. The molecule has 0 aromatic rings. The summed E-state index contributed by atoms with van der Waals surface area (Å²) in [6.45, 7) is 13.7. The van der Waals surface area contributed by atoms with Gasteiger partial charge < -0.3 is 9.64 Å². The Morgan fingerprint density at radius 2 is 1.44 bits per heavy atom. The van der Waals surface area contributed by atoms with E-state index >= 15 is 0 Å². The first kappa shape index (κ1) is 23.2. The average molecular weight is 350 g/mol. The van der Waals surface area contributed by atoms with Gasteiger partial charge in [-0.3, -0.25) is 4.79 Å². The molecular weight excluding hydrogens is 314 g/mol. The molecule has 0 saturated heterocycles. The van der Waals surface area contributed by atoms with Crippen LogP contribution in [-0.4, -0.2) is 36.5 Å². The molecule has 0 atom stereocenters. The molecular formula is C21H35NO3. The van der Waals surface area contributed by atoms with Crippen molar-refractivity contribution in [2.75, 3.05) is 19.7 Å². The lowest BCUT2D eigenvalue weighted by atomic mass is 10.1. The lowest BCUT2D eigenvalue weighted by Crippen LogP contribution is -2.31. The summed E-state index contributed by atoms with van der Waals surface area (Å²) >= 11 is 0. The smallest absolute Gasteiger partial charge is 0.330 e. The molecule has 0 N–H and O–H groups in total. The molecule has 0 aliphatic rings. The van der Waals surface area contributed by atoms with Crippen LogP contribution in [-0.2, 0) is 14.3 Å². The van der Waals surface area contributed by atoms with Gasteiger partial charge in [0.2, 0.25) is 5.91 Å². The molecule has 25 heavy (non-hydrogen) atoms. The number of amides is 1. The Balaban J connectivity index is 4.31. The molecule has 142 valence electrons. The summed E-state index contributed by atoms with van der Waals surface area (Å²) in [6.07, 6.45) is 9.39. The maximum atomic E-state index is 12.2. The first-order chi connectivity index (χ1) is 11.8. The normalized spacial score (nSPS) is 13.0. The third-order valence-corrected chi connectivity index (χ3v) is 4.06. The van der Waals surface area contributed by atoms with Crippen molar-refractivity contribution in [2.24, 2.45) is 0 Å². The maximum Gasteiger partial charge on any atom is 0.330 e. The number of hydrogen-bond donors (Lipinski definition) is 0. The van der Waals surface area contributed by atoms with Crippen LogP contribution in [0.5, 0.6) is 0 Å². The fourth-order valence-electron chi connectivity index (χ4n) is 2.47. The fourth-order valence-corrected chi connectivity index (χ4v) is 2.47. The van der Waals surface area contributed by atoms with Crippen molar-refractivity contribution in [1.82, 2.24) is 4.90 Å². The fraction of sp³-hybridized carbons (Fsp3) is 0.619. The van der Waals surface area contributed by atoms with Gasteiger partial charge in [-0.25, -0.2) is 4.79 Å². The van der Waals surface area contributed by atoms with Crippen LogP contribution < -0.4 is 0 Å². The summed E-state index contributed by atoms with van der Waals surface area (Å²) in [5, 5.41) is 0. The summed E-state index contributed by atoms with van der Waals surface area (Å²) in [5.74, 6) is -0.134. The van der Waals surface area contributed by atoms with Crippen molar-refractivity contribution in [3.63, 3.8) is 0 Å². The molecule has 0 rings (SSSR count). The lowest BCUT2D eigenvalue weighted by molar-refractivity contribution is -0.137. The zero-order valence-corrected chi connectivity index (χ0v) is 16.9. The van der Waals surface area contributed by atoms with Crippen molar-refractivity contribution >= 4 is 11.9 Å². The van der Waals surface area contributed by atoms with E-state index in [2.05, 4.69) is 13.0 Å². The minimum absolute atomic E-state index is 0.131. The third kappa shape index (κ3) is 10.6. The molecule has 0 aromatic carbocycles. The van der Waals surface area contributed by atoms with E-state index in [0.717, 1.165) is 49.9 Å². The molecule has 0 heterocycles. The monoisotopic (exact) mass is 349 g/mol. The Morgan fingerprint density at radius 1 is 0.880 bits per heavy atom. The van der Waals surface area contributed by atoms with E-state index in [-0.39, 0.29) is 11.9 Å². The summed E-state index contributed by atoms with van der Waals surface area (Å²) in [4.78, 5) is 25.4. The molecule has 0 fully saturated rings. The van der Waals surface area contributed by atoms with Crippen molar-refractivity contribution in [1.29, 1.82) is 0 Å². The highest BCUT2D eigenvalue weighted by Gasteiger charge is 2.10. The predicted molar refractivity (Wildman–Crippen MR) is 104 cm³/mol. The van der Waals surface area contributed by atoms with Crippen LogP contribution in [0.15, 0.2) is 34.9 Å². The number of nitrogens with zero attached hydrogens (tertiary/aromatic N) is 1. The minimum atomic E-state index is -0.265. The van der Waals surface area contributed by atoms with Gasteiger partial charge in [0, 0.05) is 24.7 Å². The molecule has 0 spiro atoms. The van der Waals surface area contributed by atoms with E-state index in [0.29, 0.717) is 6.61 Å². The van der Waals surface area contributed by atoms with E-state index in [9.17, 15) is 9.59 Å². The molecule has 0 aliphatic heterocycles. The molecule has 4 heteroatoms. The number of allylic oxidation sites excluding steroid dienone is 4. The van der Waals surface area contributed by atoms with Gasteiger partial charge in [-0.05, 0) is 67.2 Å². The molecule has 0 saturated carbocycles. The molecule has 0 radical (unpaired) electrons. The highest BCUT2D eigenvalue weighted by molar-refractivity contribution is 5.92. The summed E-state index contributed by atoms with van der Waals surface area (Å²) in [7, 11) is 0. The topological polar surface area (TPSA) is 46.6 Å². The van der Waals surface area contributed by atoms with Crippen LogP contribution in [0, 0.1) is 0 Å². The number of esters is 1. The number of likely N-dealkylation sites (N-methyl/N-ethyl adjacent to an activating group) is 1. The van der Waals surface area contributed by atoms with E-state index in [4.69, 9.17) is 4.74 Å². The lowest BCUT2D eigenvalue weighted by Gasteiger charge is -2.18. The zero-order chi connectivity index (χ0) is 19.2. The number of rotatable bonds is 11. The average Bonchev–Trinajstić information content (AvgIpc) is 2.55. The number of hydrogen-bond acceptors (Lipinski definition) is 3. The standard InChI is InChI=1S/C21H35NO3/c1-7-22(8-2)21(24)19(6)15-11-13-17(4)12-10-14-18(5)16-20(23)25-9-3/h12,15-16H,7-11,13-14H2,1-6H3/b17-12+,18-16+,19-15+. The Hall–Kier alpha value is -1.84. The van der Waals surface area contributed by atoms with Crippen molar-refractivity contribution in [2.45, 2.75) is 67.2 Å². The van der Waals surface area contributed by atoms with Gasteiger partial charge >= 0.3 is 5.97 Å². The van der Waals surface area contributed by atoms with E-state index < -0.39 is 0 Å². The second-order valence-electron chi connectivity index (χ2n) is 6.24. The van der Waals surface area contributed by atoms with Crippen LogP contribution in [0.1, 0.15) is 67.2 Å². The van der Waals surface area contributed by atoms with E-state index in [1.54, 1.807) is 13.0 Å². The summed E-state index contributed by atoms with van der Waals surface area (Å²) in [6, 6.07) is 0. The maximum absolute atomic E-state index is 12.2. The molecule has 1 amide bonds. The van der Waals surface area contributed by atoms with Gasteiger partial charge in [-0.1, -0.05) is 23.3 Å². The first-order valence-electron chi connectivity index (χ1n) is 9.31. The highest BCUT2D eigenvalue weighted by atomic mass is 16.5. The number of ether oxygens (including phenoxy) is 1. The second-order valence-corrected chi connectivity index (χ2v) is 6.24.